The van der Waals surface area contributed by atoms with Crippen LogP contribution in [-0.2, 0) is 0 Å². The van der Waals surface area contributed by atoms with Crippen molar-refractivity contribution in [3.05, 3.63) is 29.3 Å². The molecular formula is C16H24ClNO. The molecule has 1 aliphatic rings. The molecule has 3 heteroatoms. The fourth-order valence-corrected chi connectivity index (χ4v) is 2.82. The molecule has 0 unspecified atom stereocenters. The first-order valence-corrected chi connectivity index (χ1v) is 7.76. The summed E-state index contributed by atoms with van der Waals surface area (Å²) in [6.45, 7) is 6.86. The van der Waals surface area contributed by atoms with Gasteiger partial charge in [-0.05, 0) is 75.5 Å². The lowest BCUT2D eigenvalue weighted by Gasteiger charge is -2.31. The van der Waals surface area contributed by atoms with E-state index in [0.717, 1.165) is 23.3 Å². The predicted molar refractivity (Wildman–Crippen MR) is 81.0 cm³/mol. The van der Waals surface area contributed by atoms with Crippen molar-refractivity contribution < 1.29 is 4.74 Å². The minimum absolute atomic E-state index is 0.760. The van der Waals surface area contributed by atoms with E-state index in [9.17, 15) is 0 Å². The van der Waals surface area contributed by atoms with Gasteiger partial charge in [0.1, 0.15) is 5.75 Å². The Kier molecular flexibility index (Phi) is 5.99. The summed E-state index contributed by atoms with van der Waals surface area (Å²) in [7, 11) is 0. The average Bonchev–Trinajstić information content (AvgIpc) is 2.43. The van der Waals surface area contributed by atoms with Gasteiger partial charge in [0.2, 0.25) is 0 Å². The van der Waals surface area contributed by atoms with Gasteiger partial charge in [0.15, 0.2) is 0 Å². The molecule has 0 N–H and O–H groups in total. The van der Waals surface area contributed by atoms with Crippen molar-refractivity contribution in [1.82, 2.24) is 4.90 Å². The fraction of sp³-hybridized carbons (Fsp3) is 0.625. The summed E-state index contributed by atoms with van der Waals surface area (Å²) in [5.74, 6) is 1.76. The van der Waals surface area contributed by atoms with Crippen LogP contribution in [0.3, 0.4) is 0 Å². The highest BCUT2D eigenvalue weighted by Gasteiger charge is 2.18. The Morgan fingerprint density at radius 3 is 2.53 bits per heavy atom. The zero-order valence-electron chi connectivity index (χ0n) is 11.8. The molecular weight excluding hydrogens is 258 g/mol. The zero-order valence-corrected chi connectivity index (χ0v) is 12.5. The minimum Gasteiger partial charge on any atom is -0.494 e. The molecule has 1 aliphatic heterocycles. The standard InChI is InChI=1S/C16H24ClNO/c1-2-10-18-11-7-14(8-12-18)9-13-19-16-5-3-15(17)4-6-16/h3-6,14H,2,7-13H2,1H3. The molecule has 1 heterocycles. The molecule has 1 aromatic carbocycles. The molecule has 0 aliphatic carbocycles. The summed E-state index contributed by atoms with van der Waals surface area (Å²) in [6, 6.07) is 7.62. The maximum atomic E-state index is 5.85. The van der Waals surface area contributed by atoms with E-state index in [1.54, 1.807) is 0 Å². The fourth-order valence-electron chi connectivity index (χ4n) is 2.69. The lowest BCUT2D eigenvalue weighted by Crippen LogP contribution is -2.34. The van der Waals surface area contributed by atoms with Crippen molar-refractivity contribution >= 4 is 11.6 Å². The molecule has 0 saturated carbocycles. The summed E-state index contributed by atoms with van der Waals surface area (Å²) in [4.78, 5) is 2.58. The van der Waals surface area contributed by atoms with Gasteiger partial charge in [0, 0.05) is 5.02 Å². The summed E-state index contributed by atoms with van der Waals surface area (Å²) in [6.07, 6.45) is 5.08. The first-order valence-electron chi connectivity index (χ1n) is 7.38. The molecule has 0 atom stereocenters. The maximum Gasteiger partial charge on any atom is 0.119 e. The van der Waals surface area contributed by atoms with Crippen molar-refractivity contribution in [2.75, 3.05) is 26.2 Å². The number of nitrogens with zero attached hydrogens (tertiary/aromatic N) is 1. The average molecular weight is 282 g/mol. The van der Waals surface area contributed by atoms with Crippen LogP contribution in [0, 0.1) is 5.92 Å². The Morgan fingerprint density at radius 2 is 1.89 bits per heavy atom. The highest BCUT2D eigenvalue weighted by atomic mass is 35.5. The molecule has 2 rings (SSSR count). The number of hydrogen-bond donors (Lipinski definition) is 0. The second-order valence-electron chi connectivity index (χ2n) is 5.38. The maximum absolute atomic E-state index is 5.85. The first-order chi connectivity index (χ1) is 9.28. The molecule has 19 heavy (non-hydrogen) atoms. The van der Waals surface area contributed by atoms with Crippen LogP contribution < -0.4 is 4.74 Å². The van der Waals surface area contributed by atoms with Gasteiger partial charge in [-0.2, -0.15) is 0 Å². The molecule has 2 nitrogen and oxygen atoms in total. The van der Waals surface area contributed by atoms with Crippen LogP contribution in [0.4, 0.5) is 0 Å². The molecule has 1 saturated heterocycles. The van der Waals surface area contributed by atoms with Gasteiger partial charge < -0.3 is 9.64 Å². The number of halogens is 1. The molecule has 1 aromatic rings. The van der Waals surface area contributed by atoms with Crippen LogP contribution in [0.15, 0.2) is 24.3 Å². The Hall–Kier alpha value is -0.730. The van der Waals surface area contributed by atoms with Gasteiger partial charge in [-0.25, -0.2) is 0 Å². The number of likely N-dealkylation sites (tertiary alicyclic amines) is 1. The second kappa shape index (κ2) is 7.76. The minimum atomic E-state index is 0.760. The highest BCUT2D eigenvalue weighted by Crippen LogP contribution is 2.21. The van der Waals surface area contributed by atoms with Gasteiger partial charge in [0.25, 0.3) is 0 Å². The van der Waals surface area contributed by atoms with Crippen LogP contribution in [0.5, 0.6) is 5.75 Å². The molecule has 0 radical (unpaired) electrons. The van der Waals surface area contributed by atoms with Crippen molar-refractivity contribution in [2.45, 2.75) is 32.6 Å². The van der Waals surface area contributed by atoms with Crippen molar-refractivity contribution in [3.63, 3.8) is 0 Å². The highest BCUT2D eigenvalue weighted by molar-refractivity contribution is 6.30. The number of benzene rings is 1. The van der Waals surface area contributed by atoms with Gasteiger partial charge >= 0.3 is 0 Å². The topological polar surface area (TPSA) is 12.5 Å². The van der Waals surface area contributed by atoms with E-state index in [0.29, 0.717) is 0 Å². The van der Waals surface area contributed by atoms with E-state index >= 15 is 0 Å². The Morgan fingerprint density at radius 1 is 1.21 bits per heavy atom. The third kappa shape index (κ3) is 5.04. The van der Waals surface area contributed by atoms with Gasteiger partial charge in [-0.15, -0.1) is 0 Å². The van der Waals surface area contributed by atoms with E-state index in [1.165, 1.54) is 45.3 Å². The van der Waals surface area contributed by atoms with Crippen LogP contribution in [0.2, 0.25) is 5.02 Å². The first kappa shape index (κ1) is 14.7. The van der Waals surface area contributed by atoms with Gasteiger partial charge in [0.05, 0.1) is 6.61 Å². The van der Waals surface area contributed by atoms with Crippen molar-refractivity contribution in [2.24, 2.45) is 5.92 Å². The lowest BCUT2D eigenvalue weighted by molar-refractivity contribution is 0.163. The number of piperidine rings is 1. The van der Waals surface area contributed by atoms with Gasteiger partial charge in [-0.3, -0.25) is 0 Å². The smallest absolute Gasteiger partial charge is 0.119 e. The number of hydrogen-bond acceptors (Lipinski definition) is 2. The predicted octanol–water partition coefficient (Wildman–Crippen LogP) is 4.23. The van der Waals surface area contributed by atoms with E-state index in [4.69, 9.17) is 16.3 Å². The number of rotatable bonds is 6. The number of ether oxygens (including phenoxy) is 1. The monoisotopic (exact) mass is 281 g/mol. The summed E-state index contributed by atoms with van der Waals surface area (Å²) in [5.41, 5.74) is 0. The van der Waals surface area contributed by atoms with Crippen LogP contribution in [0.25, 0.3) is 0 Å². The Labute approximate surface area is 121 Å². The van der Waals surface area contributed by atoms with Gasteiger partial charge in [-0.1, -0.05) is 18.5 Å². The van der Waals surface area contributed by atoms with Crippen molar-refractivity contribution in [1.29, 1.82) is 0 Å². The van der Waals surface area contributed by atoms with Crippen LogP contribution in [-0.4, -0.2) is 31.1 Å². The molecule has 106 valence electrons. The SMILES string of the molecule is CCCN1CCC(CCOc2ccc(Cl)cc2)CC1. The second-order valence-corrected chi connectivity index (χ2v) is 5.81. The molecule has 0 spiro atoms. The van der Waals surface area contributed by atoms with Crippen LogP contribution in [0.1, 0.15) is 32.6 Å². The summed E-state index contributed by atoms with van der Waals surface area (Å²) in [5, 5.41) is 0.760. The Bertz CT molecular complexity index is 358. The summed E-state index contributed by atoms with van der Waals surface area (Å²) >= 11 is 5.85. The molecule has 1 fully saturated rings. The van der Waals surface area contributed by atoms with Crippen molar-refractivity contribution in [3.8, 4) is 5.75 Å². The third-order valence-corrected chi connectivity index (χ3v) is 4.11. The quantitative estimate of drug-likeness (QED) is 0.774. The third-order valence-electron chi connectivity index (χ3n) is 3.86. The largest absolute Gasteiger partial charge is 0.494 e. The lowest BCUT2D eigenvalue weighted by atomic mass is 9.94. The molecule has 0 aromatic heterocycles. The zero-order chi connectivity index (χ0) is 13.5. The van der Waals surface area contributed by atoms with E-state index < -0.39 is 0 Å². The Balaban J connectivity index is 1.63. The molecule has 0 amide bonds. The normalized spacial score (nSPS) is 17.6. The van der Waals surface area contributed by atoms with Crippen LogP contribution >= 0.6 is 11.6 Å². The van der Waals surface area contributed by atoms with E-state index in [1.807, 2.05) is 24.3 Å². The van der Waals surface area contributed by atoms with E-state index in [-0.39, 0.29) is 0 Å². The summed E-state index contributed by atoms with van der Waals surface area (Å²) < 4.78 is 5.77. The molecule has 0 bridgehead atoms. The van der Waals surface area contributed by atoms with E-state index in [2.05, 4.69) is 11.8 Å².